The normalized spacial score (nSPS) is 14.1. The fourth-order valence-corrected chi connectivity index (χ4v) is 1.75. The molecule has 1 aromatic carbocycles. The van der Waals surface area contributed by atoms with E-state index in [1.807, 2.05) is 13.0 Å². The highest BCUT2D eigenvalue weighted by Crippen LogP contribution is 2.18. The summed E-state index contributed by atoms with van der Waals surface area (Å²) < 4.78 is 13.1. The molecule has 0 heterocycles. The van der Waals surface area contributed by atoms with E-state index in [0.717, 1.165) is 12.0 Å². The molecule has 16 heavy (non-hydrogen) atoms. The number of hydrogen-bond donors (Lipinski definition) is 1. The van der Waals surface area contributed by atoms with Crippen molar-refractivity contribution < 1.29 is 4.39 Å². The van der Waals surface area contributed by atoms with Crippen molar-refractivity contribution in [1.29, 1.82) is 0 Å². The average Bonchev–Trinajstić information content (AvgIpc) is 2.26. The highest BCUT2D eigenvalue weighted by Gasteiger charge is 2.12. The molecule has 0 aliphatic heterocycles. The highest BCUT2D eigenvalue weighted by atomic mass is 19.1. The monoisotopic (exact) mass is 219 g/mol. The summed E-state index contributed by atoms with van der Waals surface area (Å²) in [6.45, 7) is 4.12. The molecular weight excluding hydrogens is 201 g/mol. The second-order valence-corrected chi connectivity index (χ2v) is 3.99. The van der Waals surface area contributed by atoms with Gasteiger partial charge in [-0.1, -0.05) is 19.1 Å². The Morgan fingerprint density at radius 1 is 1.50 bits per heavy atom. The van der Waals surface area contributed by atoms with Crippen molar-refractivity contribution in [2.24, 2.45) is 0 Å². The van der Waals surface area contributed by atoms with Crippen LogP contribution in [0.15, 0.2) is 24.3 Å². The Kier molecular flexibility index (Phi) is 5.01. The maximum Gasteiger partial charge on any atom is 0.123 e. The van der Waals surface area contributed by atoms with Crippen LogP contribution in [-0.4, -0.2) is 6.04 Å². The summed E-state index contributed by atoms with van der Waals surface area (Å²) in [6, 6.07) is 7.12. The first-order chi connectivity index (χ1) is 7.67. The summed E-state index contributed by atoms with van der Waals surface area (Å²) in [5, 5.41) is 3.40. The first kappa shape index (κ1) is 12.7. The van der Waals surface area contributed by atoms with Gasteiger partial charge in [0.15, 0.2) is 0 Å². The van der Waals surface area contributed by atoms with Gasteiger partial charge < -0.3 is 5.32 Å². The lowest BCUT2D eigenvalue weighted by Crippen LogP contribution is -2.29. The van der Waals surface area contributed by atoms with Crippen LogP contribution < -0.4 is 5.32 Å². The van der Waals surface area contributed by atoms with E-state index in [1.54, 1.807) is 12.1 Å². The molecule has 1 nitrogen and oxygen atoms in total. The Balaban J connectivity index is 2.71. The molecule has 0 radical (unpaired) electrons. The first-order valence-corrected chi connectivity index (χ1v) is 5.62. The number of terminal acetylenes is 1. The molecule has 0 saturated heterocycles. The van der Waals surface area contributed by atoms with Gasteiger partial charge in [-0.15, -0.1) is 12.3 Å². The van der Waals surface area contributed by atoms with E-state index in [1.165, 1.54) is 6.07 Å². The minimum Gasteiger partial charge on any atom is -0.307 e. The summed E-state index contributed by atoms with van der Waals surface area (Å²) in [6.07, 6.45) is 6.86. The Morgan fingerprint density at radius 3 is 2.81 bits per heavy atom. The van der Waals surface area contributed by atoms with E-state index in [2.05, 4.69) is 18.2 Å². The topological polar surface area (TPSA) is 12.0 Å². The Hall–Kier alpha value is -1.33. The van der Waals surface area contributed by atoms with Crippen molar-refractivity contribution in [1.82, 2.24) is 5.32 Å². The lowest BCUT2D eigenvalue weighted by molar-refractivity contribution is 0.449. The Bertz CT molecular complexity index is 367. The average molecular weight is 219 g/mol. The van der Waals surface area contributed by atoms with Gasteiger partial charge in [-0.05, 0) is 31.0 Å². The summed E-state index contributed by atoms with van der Waals surface area (Å²) in [7, 11) is 0. The minimum absolute atomic E-state index is 0.166. The summed E-state index contributed by atoms with van der Waals surface area (Å²) in [4.78, 5) is 0. The molecule has 0 saturated carbocycles. The van der Waals surface area contributed by atoms with Crippen molar-refractivity contribution in [3.63, 3.8) is 0 Å². The summed E-state index contributed by atoms with van der Waals surface area (Å²) in [5.74, 6) is 2.43. The highest BCUT2D eigenvalue weighted by molar-refractivity contribution is 5.20. The van der Waals surface area contributed by atoms with Gasteiger partial charge in [0.05, 0.1) is 0 Å². The first-order valence-electron chi connectivity index (χ1n) is 5.62. The van der Waals surface area contributed by atoms with Crippen molar-refractivity contribution >= 4 is 0 Å². The van der Waals surface area contributed by atoms with E-state index in [4.69, 9.17) is 6.42 Å². The zero-order valence-electron chi connectivity index (χ0n) is 9.83. The lowest BCUT2D eigenvalue weighted by Gasteiger charge is -2.21. The lowest BCUT2D eigenvalue weighted by atomic mass is 10.0. The van der Waals surface area contributed by atoms with Crippen LogP contribution in [0.4, 0.5) is 4.39 Å². The SMILES string of the molecule is C#CCC(C)NC(CC)c1cccc(F)c1. The molecular formula is C14H18FN. The second-order valence-electron chi connectivity index (χ2n) is 3.99. The molecule has 0 bridgehead atoms. The van der Waals surface area contributed by atoms with Crippen molar-refractivity contribution in [3.8, 4) is 12.3 Å². The zero-order chi connectivity index (χ0) is 12.0. The minimum atomic E-state index is -0.192. The van der Waals surface area contributed by atoms with E-state index in [0.29, 0.717) is 6.42 Å². The standard InChI is InChI=1S/C14H18FN/c1-4-7-11(3)16-14(5-2)12-8-6-9-13(15)10-12/h1,6,8-11,14,16H,5,7H2,2-3H3. The van der Waals surface area contributed by atoms with Gasteiger partial charge in [-0.2, -0.15) is 0 Å². The third-order valence-corrected chi connectivity index (χ3v) is 2.57. The van der Waals surface area contributed by atoms with Crippen LogP contribution in [-0.2, 0) is 0 Å². The quantitative estimate of drug-likeness (QED) is 0.749. The molecule has 0 amide bonds. The van der Waals surface area contributed by atoms with Gasteiger partial charge in [-0.25, -0.2) is 4.39 Å². The Morgan fingerprint density at radius 2 is 2.25 bits per heavy atom. The van der Waals surface area contributed by atoms with E-state index >= 15 is 0 Å². The van der Waals surface area contributed by atoms with Gasteiger partial charge in [0, 0.05) is 18.5 Å². The molecule has 0 aliphatic rings. The van der Waals surface area contributed by atoms with Gasteiger partial charge >= 0.3 is 0 Å². The van der Waals surface area contributed by atoms with Crippen LogP contribution in [0, 0.1) is 18.2 Å². The molecule has 0 aliphatic carbocycles. The van der Waals surface area contributed by atoms with Crippen LogP contribution in [0.1, 0.15) is 38.3 Å². The van der Waals surface area contributed by atoms with Crippen LogP contribution in [0.3, 0.4) is 0 Å². The molecule has 2 heteroatoms. The third kappa shape index (κ3) is 3.67. The maximum atomic E-state index is 13.1. The summed E-state index contributed by atoms with van der Waals surface area (Å²) in [5.41, 5.74) is 0.978. The Labute approximate surface area is 97.1 Å². The van der Waals surface area contributed by atoms with Crippen LogP contribution in [0.25, 0.3) is 0 Å². The number of benzene rings is 1. The van der Waals surface area contributed by atoms with E-state index < -0.39 is 0 Å². The summed E-state index contributed by atoms with van der Waals surface area (Å²) >= 11 is 0. The largest absolute Gasteiger partial charge is 0.307 e. The van der Waals surface area contributed by atoms with Crippen molar-refractivity contribution in [2.45, 2.75) is 38.8 Å². The van der Waals surface area contributed by atoms with Gasteiger partial charge in [-0.3, -0.25) is 0 Å². The molecule has 0 aromatic heterocycles. The number of nitrogens with one attached hydrogen (secondary N) is 1. The maximum absolute atomic E-state index is 13.1. The fraction of sp³-hybridized carbons (Fsp3) is 0.429. The van der Waals surface area contributed by atoms with Gasteiger partial charge in [0.2, 0.25) is 0 Å². The van der Waals surface area contributed by atoms with Crippen molar-refractivity contribution in [2.75, 3.05) is 0 Å². The number of hydrogen-bond acceptors (Lipinski definition) is 1. The predicted octanol–water partition coefficient (Wildman–Crippen LogP) is 3.28. The van der Waals surface area contributed by atoms with Crippen LogP contribution >= 0.6 is 0 Å². The molecule has 0 spiro atoms. The molecule has 1 N–H and O–H groups in total. The molecule has 2 unspecified atom stereocenters. The zero-order valence-corrected chi connectivity index (χ0v) is 9.83. The van der Waals surface area contributed by atoms with E-state index in [-0.39, 0.29) is 17.9 Å². The molecule has 2 atom stereocenters. The van der Waals surface area contributed by atoms with Crippen LogP contribution in [0.2, 0.25) is 0 Å². The fourth-order valence-electron chi connectivity index (χ4n) is 1.75. The van der Waals surface area contributed by atoms with E-state index in [9.17, 15) is 4.39 Å². The molecule has 1 aromatic rings. The molecule has 1 rings (SSSR count). The molecule has 0 fully saturated rings. The second kappa shape index (κ2) is 6.30. The van der Waals surface area contributed by atoms with Crippen LogP contribution in [0.5, 0.6) is 0 Å². The molecule has 86 valence electrons. The smallest absolute Gasteiger partial charge is 0.123 e. The number of halogens is 1. The van der Waals surface area contributed by atoms with Gasteiger partial charge in [0.25, 0.3) is 0 Å². The number of rotatable bonds is 5. The van der Waals surface area contributed by atoms with Gasteiger partial charge in [0.1, 0.15) is 5.82 Å². The third-order valence-electron chi connectivity index (χ3n) is 2.57. The predicted molar refractivity (Wildman–Crippen MR) is 65.5 cm³/mol. The van der Waals surface area contributed by atoms with Crippen molar-refractivity contribution in [3.05, 3.63) is 35.6 Å².